The third kappa shape index (κ3) is 2.96. The highest BCUT2D eigenvalue weighted by Crippen LogP contribution is 2.33. The molecule has 2 rings (SSSR count). The first-order valence-electron chi connectivity index (χ1n) is 6.30. The first-order chi connectivity index (χ1) is 9.38. The average Bonchev–Trinajstić information content (AvgIpc) is 2.37. The molecule has 20 heavy (non-hydrogen) atoms. The van der Waals surface area contributed by atoms with Gasteiger partial charge in [-0.1, -0.05) is 6.07 Å². The Morgan fingerprint density at radius 1 is 1.00 bits per heavy atom. The van der Waals surface area contributed by atoms with Crippen molar-refractivity contribution in [1.82, 2.24) is 0 Å². The highest BCUT2D eigenvalue weighted by molar-refractivity contribution is 5.43. The first kappa shape index (κ1) is 14.5. The van der Waals surface area contributed by atoms with E-state index in [-0.39, 0.29) is 17.1 Å². The molecule has 0 spiro atoms. The van der Waals surface area contributed by atoms with Crippen LogP contribution in [0.1, 0.15) is 29.7 Å². The molecule has 0 radical (unpaired) electrons. The highest BCUT2D eigenvalue weighted by Gasteiger charge is 2.15. The zero-order valence-electron chi connectivity index (χ0n) is 11.6. The van der Waals surface area contributed by atoms with Crippen LogP contribution in [0.15, 0.2) is 30.3 Å². The van der Waals surface area contributed by atoms with Crippen LogP contribution in [0.5, 0.6) is 11.5 Å². The Bertz CT molecular complexity index is 637. The maximum absolute atomic E-state index is 13.7. The van der Waals surface area contributed by atoms with Gasteiger partial charge < -0.3 is 9.84 Å². The first-order valence-corrected chi connectivity index (χ1v) is 6.30. The van der Waals surface area contributed by atoms with Crippen LogP contribution in [-0.4, -0.2) is 5.11 Å². The van der Waals surface area contributed by atoms with Crippen LogP contribution in [0.2, 0.25) is 0 Å². The van der Waals surface area contributed by atoms with Gasteiger partial charge in [-0.3, -0.25) is 0 Å². The molecule has 2 aromatic carbocycles. The van der Waals surface area contributed by atoms with Crippen molar-refractivity contribution in [3.8, 4) is 11.5 Å². The summed E-state index contributed by atoms with van der Waals surface area (Å²) >= 11 is 0. The molecule has 1 unspecified atom stereocenters. The summed E-state index contributed by atoms with van der Waals surface area (Å²) in [4.78, 5) is 0. The summed E-state index contributed by atoms with van der Waals surface area (Å²) in [6.45, 7) is 4.90. The minimum Gasteiger partial charge on any atom is -0.454 e. The third-order valence-electron chi connectivity index (χ3n) is 3.05. The molecule has 0 bridgehead atoms. The zero-order chi connectivity index (χ0) is 14.9. The Kier molecular flexibility index (Phi) is 4.04. The van der Waals surface area contributed by atoms with Crippen molar-refractivity contribution in [2.45, 2.75) is 26.9 Å². The maximum atomic E-state index is 13.7. The minimum absolute atomic E-state index is 0.0536. The van der Waals surface area contributed by atoms with Crippen LogP contribution < -0.4 is 4.74 Å². The zero-order valence-corrected chi connectivity index (χ0v) is 11.6. The van der Waals surface area contributed by atoms with Gasteiger partial charge in [-0.15, -0.1) is 0 Å². The van der Waals surface area contributed by atoms with Crippen LogP contribution in [-0.2, 0) is 0 Å². The van der Waals surface area contributed by atoms with Crippen LogP contribution >= 0.6 is 0 Å². The number of ether oxygens (including phenoxy) is 1. The van der Waals surface area contributed by atoms with Gasteiger partial charge in [-0.05, 0) is 56.2 Å². The van der Waals surface area contributed by atoms with Gasteiger partial charge in [-0.25, -0.2) is 8.78 Å². The molecule has 0 aliphatic carbocycles. The van der Waals surface area contributed by atoms with Crippen LogP contribution in [0.25, 0.3) is 0 Å². The van der Waals surface area contributed by atoms with Crippen LogP contribution in [0.4, 0.5) is 8.78 Å². The molecule has 106 valence electrons. The van der Waals surface area contributed by atoms with Crippen molar-refractivity contribution in [3.63, 3.8) is 0 Å². The van der Waals surface area contributed by atoms with Crippen molar-refractivity contribution >= 4 is 0 Å². The second-order valence-corrected chi connectivity index (χ2v) is 4.85. The summed E-state index contributed by atoms with van der Waals surface area (Å²) in [7, 11) is 0. The Morgan fingerprint density at radius 2 is 1.70 bits per heavy atom. The predicted molar refractivity (Wildman–Crippen MR) is 73.0 cm³/mol. The minimum atomic E-state index is -0.909. The van der Waals surface area contributed by atoms with E-state index in [1.807, 2.05) is 6.92 Å². The topological polar surface area (TPSA) is 29.5 Å². The molecule has 0 saturated heterocycles. The largest absolute Gasteiger partial charge is 0.454 e. The summed E-state index contributed by atoms with van der Waals surface area (Å²) in [5, 5.41) is 9.68. The summed E-state index contributed by atoms with van der Waals surface area (Å²) in [6, 6.07) is 7.17. The molecule has 0 fully saturated rings. The van der Waals surface area contributed by atoms with Crippen molar-refractivity contribution in [1.29, 1.82) is 0 Å². The monoisotopic (exact) mass is 278 g/mol. The molecule has 4 heteroatoms. The van der Waals surface area contributed by atoms with Gasteiger partial charge in [0, 0.05) is 5.56 Å². The Balaban J connectivity index is 2.47. The number of aliphatic hydroxyl groups is 1. The summed E-state index contributed by atoms with van der Waals surface area (Å²) in [5.74, 6) is -0.631. The van der Waals surface area contributed by atoms with Crippen LogP contribution in [0, 0.1) is 25.5 Å². The molecule has 0 amide bonds. The van der Waals surface area contributed by atoms with Crippen molar-refractivity contribution in [3.05, 3.63) is 58.7 Å². The predicted octanol–water partition coefficient (Wildman–Crippen LogP) is 4.43. The molecule has 2 aromatic rings. The van der Waals surface area contributed by atoms with Gasteiger partial charge in [0.1, 0.15) is 11.6 Å². The van der Waals surface area contributed by atoms with E-state index >= 15 is 0 Å². The van der Waals surface area contributed by atoms with Gasteiger partial charge in [0.15, 0.2) is 11.6 Å². The number of hydrogen-bond acceptors (Lipinski definition) is 2. The van der Waals surface area contributed by atoms with E-state index in [4.69, 9.17) is 4.74 Å². The van der Waals surface area contributed by atoms with Crippen molar-refractivity contribution < 1.29 is 18.6 Å². The summed E-state index contributed by atoms with van der Waals surface area (Å²) in [5.41, 5.74) is 1.50. The average molecular weight is 278 g/mol. The second kappa shape index (κ2) is 5.59. The van der Waals surface area contributed by atoms with Gasteiger partial charge in [-0.2, -0.15) is 0 Å². The Morgan fingerprint density at radius 3 is 2.35 bits per heavy atom. The fourth-order valence-corrected chi connectivity index (χ4v) is 1.89. The molecule has 0 aliphatic rings. The van der Waals surface area contributed by atoms with Crippen molar-refractivity contribution in [2.24, 2.45) is 0 Å². The molecule has 0 saturated carbocycles. The fourth-order valence-electron chi connectivity index (χ4n) is 1.89. The van der Waals surface area contributed by atoms with Gasteiger partial charge in [0.05, 0.1) is 6.10 Å². The molecule has 1 atom stereocenters. The SMILES string of the molecule is Cc1ccc(F)c(Oc2cc(C)c(F)cc2C(C)O)c1. The number of halogens is 2. The Labute approximate surface area is 116 Å². The maximum Gasteiger partial charge on any atom is 0.165 e. The van der Waals surface area contributed by atoms with E-state index in [0.717, 1.165) is 5.56 Å². The van der Waals surface area contributed by atoms with E-state index in [1.54, 1.807) is 19.1 Å². The smallest absolute Gasteiger partial charge is 0.165 e. The number of hydrogen-bond donors (Lipinski definition) is 1. The number of rotatable bonds is 3. The normalized spacial score (nSPS) is 12.3. The Hall–Kier alpha value is -1.94. The lowest BCUT2D eigenvalue weighted by atomic mass is 10.1. The van der Waals surface area contributed by atoms with E-state index in [0.29, 0.717) is 5.56 Å². The van der Waals surface area contributed by atoms with E-state index in [2.05, 4.69) is 0 Å². The summed E-state index contributed by atoms with van der Waals surface area (Å²) in [6.07, 6.45) is -0.909. The molecule has 2 nitrogen and oxygen atoms in total. The van der Waals surface area contributed by atoms with E-state index < -0.39 is 17.7 Å². The van der Waals surface area contributed by atoms with Gasteiger partial charge >= 0.3 is 0 Å². The lowest BCUT2D eigenvalue weighted by molar-refractivity contribution is 0.195. The summed E-state index contributed by atoms with van der Waals surface area (Å²) < 4.78 is 32.8. The number of aliphatic hydroxyl groups excluding tert-OH is 1. The van der Waals surface area contributed by atoms with E-state index in [9.17, 15) is 13.9 Å². The lowest BCUT2D eigenvalue weighted by Crippen LogP contribution is -2.00. The molecular weight excluding hydrogens is 262 g/mol. The number of aryl methyl sites for hydroxylation is 2. The van der Waals surface area contributed by atoms with Gasteiger partial charge in [0.25, 0.3) is 0 Å². The van der Waals surface area contributed by atoms with Gasteiger partial charge in [0.2, 0.25) is 0 Å². The number of benzene rings is 2. The highest BCUT2D eigenvalue weighted by atomic mass is 19.1. The standard InChI is InChI=1S/C16H16F2O2/c1-9-4-5-13(17)16(6-9)20-15-7-10(2)14(18)8-12(15)11(3)19/h4-8,11,19H,1-3H3. The molecule has 0 aliphatic heterocycles. The molecule has 0 heterocycles. The molecule has 1 N–H and O–H groups in total. The lowest BCUT2D eigenvalue weighted by Gasteiger charge is -2.15. The van der Waals surface area contributed by atoms with Crippen molar-refractivity contribution in [2.75, 3.05) is 0 Å². The van der Waals surface area contributed by atoms with E-state index in [1.165, 1.54) is 25.1 Å². The second-order valence-electron chi connectivity index (χ2n) is 4.85. The molecular formula is C16H16F2O2. The quantitative estimate of drug-likeness (QED) is 0.900. The fraction of sp³-hybridized carbons (Fsp3) is 0.250. The third-order valence-corrected chi connectivity index (χ3v) is 3.05. The van der Waals surface area contributed by atoms with Crippen LogP contribution in [0.3, 0.4) is 0 Å². The molecule has 0 aromatic heterocycles.